The SMILES string of the molecule is CC(C)(C)SCC(=O)N1CCC(n2cccc2)CC1. The molecule has 0 saturated carbocycles. The minimum absolute atomic E-state index is 0.166. The van der Waals surface area contributed by atoms with Gasteiger partial charge in [-0.25, -0.2) is 0 Å². The van der Waals surface area contributed by atoms with E-state index in [1.165, 1.54) is 0 Å². The van der Waals surface area contributed by atoms with Crippen LogP contribution in [0.2, 0.25) is 0 Å². The molecule has 1 aliphatic rings. The van der Waals surface area contributed by atoms with Crippen molar-refractivity contribution in [3.63, 3.8) is 0 Å². The quantitative estimate of drug-likeness (QED) is 0.849. The smallest absolute Gasteiger partial charge is 0.232 e. The van der Waals surface area contributed by atoms with Crippen LogP contribution in [0.5, 0.6) is 0 Å². The molecule has 1 amide bonds. The third-order valence-electron chi connectivity index (χ3n) is 3.49. The van der Waals surface area contributed by atoms with Gasteiger partial charge in [0.25, 0.3) is 0 Å². The van der Waals surface area contributed by atoms with Crippen molar-refractivity contribution in [2.75, 3.05) is 18.8 Å². The highest BCUT2D eigenvalue weighted by atomic mass is 32.2. The molecule has 0 radical (unpaired) electrons. The van der Waals surface area contributed by atoms with Crippen LogP contribution < -0.4 is 0 Å². The Kier molecular flexibility index (Phi) is 4.61. The zero-order valence-electron chi connectivity index (χ0n) is 12.1. The second-order valence-corrected chi connectivity index (χ2v) is 7.95. The van der Waals surface area contributed by atoms with Crippen molar-refractivity contribution in [1.29, 1.82) is 0 Å². The highest BCUT2D eigenvalue weighted by Crippen LogP contribution is 2.26. The molecule has 0 bridgehead atoms. The lowest BCUT2D eigenvalue weighted by molar-refractivity contribution is -0.129. The Morgan fingerprint density at radius 1 is 1.21 bits per heavy atom. The van der Waals surface area contributed by atoms with Gasteiger partial charge in [-0.3, -0.25) is 4.79 Å². The van der Waals surface area contributed by atoms with Crippen molar-refractivity contribution in [2.45, 2.75) is 44.4 Å². The van der Waals surface area contributed by atoms with Gasteiger partial charge in [0.2, 0.25) is 5.91 Å². The Labute approximate surface area is 120 Å². The molecular weight excluding hydrogens is 256 g/mol. The normalized spacial score (nSPS) is 17.7. The molecule has 2 heterocycles. The summed E-state index contributed by atoms with van der Waals surface area (Å²) in [4.78, 5) is 14.2. The first-order valence-corrected chi connectivity index (χ1v) is 7.98. The minimum Gasteiger partial charge on any atom is -0.351 e. The van der Waals surface area contributed by atoms with E-state index in [-0.39, 0.29) is 4.75 Å². The number of aromatic nitrogens is 1. The summed E-state index contributed by atoms with van der Waals surface area (Å²) >= 11 is 1.74. The van der Waals surface area contributed by atoms with E-state index in [0.717, 1.165) is 25.9 Å². The lowest BCUT2D eigenvalue weighted by Gasteiger charge is -2.33. The van der Waals surface area contributed by atoms with Gasteiger partial charge in [-0.1, -0.05) is 20.8 Å². The maximum atomic E-state index is 12.1. The summed E-state index contributed by atoms with van der Waals surface area (Å²) in [6.07, 6.45) is 6.39. The molecule has 19 heavy (non-hydrogen) atoms. The van der Waals surface area contributed by atoms with E-state index < -0.39 is 0 Å². The van der Waals surface area contributed by atoms with E-state index in [2.05, 4.69) is 49.9 Å². The van der Waals surface area contributed by atoms with Gasteiger partial charge in [0.1, 0.15) is 0 Å². The van der Waals surface area contributed by atoms with Gasteiger partial charge in [0.15, 0.2) is 0 Å². The number of carbonyl (C=O) groups is 1. The van der Waals surface area contributed by atoms with E-state index in [1.54, 1.807) is 11.8 Å². The third-order valence-corrected chi connectivity index (χ3v) is 4.75. The molecule has 1 fully saturated rings. The van der Waals surface area contributed by atoms with Gasteiger partial charge in [0.05, 0.1) is 5.75 Å². The number of rotatable bonds is 3. The molecule has 0 aromatic carbocycles. The summed E-state index contributed by atoms with van der Waals surface area (Å²) in [5.41, 5.74) is 0. The Bertz CT molecular complexity index is 400. The van der Waals surface area contributed by atoms with Crippen molar-refractivity contribution in [1.82, 2.24) is 9.47 Å². The van der Waals surface area contributed by atoms with Crippen molar-refractivity contribution in [2.24, 2.45) is 0 Å². The first-order chi connectivity index (χ1) is 8.96. The number of thioether (sulfide) groups is 1. The van der Waals surface area contributed by atoms with Gasteiger partial charge >= 0.3 is 0 Å². The third kappa shape index (κ3) is 4.30. The average Bonchev–Trinajstić information content (AvgIpc) is 2.89. The van der Waals surface area contributed by atoms with E-state index >= 15 is 0 Å². The average molecular weight is 280 g/mol. The topological polar surface area (TPSA) is 25.2 Å². The minimum atomic E-state index is 0.166. The molecular formula is C15H24N2OS. The number of amides is 1. The molecule has 0 unspecified atom stereocenters. The van der Waals surface area contributed by atoms with Gasteiger partial charge < -0.3 is 9.47 Å². The molecule has 2 rings (SSSR count). The summed E-state index contributed by atoms with van der Waals surface area (Å²) in [5, 5.41) is 0. The van der Waals surface area contributed by atoms with Crippen LogP contribution in [0, 0.1) is 0 Å². The Morgan fingerprint density at radius 3 is 2.32 bits per heavy atom. The van der Waals surface area contributed by atoms with Gasteiger partial charge in [-0.2, -0.15) is 0 Å². The molecule has 1 aromatic rings. The highest BCUT2D eigenvalue weighted by molar-refractivity contribution is 8.01. The fourth-order valence-corrected chi connectivity index (χ4v) is 3.11. The Hall–Kier alpha value is -0.900. The fraction of sp³-hybridized carbons (Fsp3) is 0.667. The van der Waals surface area contributed by atoms with Crippen LogP contribution in [0.15, 0.2) is 24.5 Å². The molecule has 0 spiro atoms. The maximum Gasteiger partial charge on any atom is 0.232 e. The number of carbonyl (C=O) groups excluding carboxylic acids is 1. The lowest BCUT2D eigenvalue weighted by atomic mass is 10.1. The predicted molar refractivity (Wildman–Crippen MR) is 81.5 cm³/mol. The first-order valence-electron chi connectivity index (χ1n) is 7.00. The van der Waals surface area contributed by atoms with Crippen molar-refractivity contribution < 1.29 is 4.79 Å². The molecule has 4 heteroatoms. The number of hydrogen-bond donors (Lipinski definition) is 0. The molecule has 106 valence electrons. The van der Waals surface area contributed by atoms with Gasteiger partial charge in [-0.05, 0) is 25.0 Å². The first kappa shape index (κ1) is 14.5. The summed E-state index contributed by atoms with van der Waals surface area (Å²) in [6, 6.07) is 4.70. The van der Waals surface area contributed by atoms with E-state index in [0.29, 0.717) is 17.7 Å². The summed E-state index contributed by atoms with van der Waals surface area (Å²) in [5.74, 6) is 0.906. The second-order valence-electron chi connectivity index (χ2n) is 6.14. The molecule has 1 aliphatic heterocycles. The summed E-state index contributed by atoms with van der Waals surface area (Å²) in [6.45, 7) is 8.26. The van der Waals surface area contributed by atoms with Gasteiger partial charge in [-0.15, -0.1) is 11.8 Å². The molecule has 3 nitrogen and oxygen atoms in total. The molecule has 0 atom stereocenters. The monoisotopic (exact) mass is 280 g/mol. The number of likely N-dealkylation sites (tertiary alicyclic amines) is 1. The van der Waals surface area contributed by atoms with E-state index in [9.17, 15) is 4.79 Å². The van der Waals surface area contributed by atoms with Crippen LogP contribution >= 0.6 is 11.8 Å². The van der Waals surface area contributed by atoms with Gasteiger partial charge in [0, 0.05) is 36.3 Å². The largest absolute Gasteiger partial charge is 0.351 e. The van der Waals surface area contributed by atoms with Crippen molar-refractivity contribution >= 4 is 17.7 Å². The zero-order valence-corrected chi connectivity index (χ0v) is 12.9. The maximum absolute atomic E-state index is 12.1. The van der Waals surface area contributed by atoms with Crippen molar-refractivity contribution in [3.05, 3.63) is 24.5 Å². The molecule has 1 aromatic heterocycles. The second kappa shape index (κ2) is 6.04. The number of nitrogens with zero attached hydrogens (tertiary/aromatic N) is 2. The predicted octanol–water partition coefficient (Wildman–Crippen LogP) is 3.18. The van der Waals surface area contributed by atoms with Crippen LogP contribution in [-0.4, -0.2) is 39.0 Å². The van der Waals surface area contributed by atoms with Crippen LogP contribution in [0.1, 0.15) is 39.7 Å². The number of hydrogen-bond acceptors (Lipinski definition) is 2. The molecule has 0 N–H and O–H groups in total. The summed E-state index contributed by atoms with van der Waals surface area (Å²) < 4.78 is 2.44. The Morgan fingerprint density at radius 2 is 1.79 bits per heavy atom. The fourth-order valence-electron chi connectivity index (χ4n) is 2.37. The number of piperidine rings is 1. The van der Waals surface area contributed by atoms with Crippen molar-refractivity contribution in [3.8, 4) is 0 Å². The standard InChI is InChI=1S/C15H24N2OS/c1-15(2,3)19-12-14(18)17-10-6-13(7-11-17)16-8-4-5-9-16/h4-5,8-9,13H,6-7,10-12H2,1-3H3. The van der Waals surface area contributed by atoms with Crippen LogP contribution in [0.25, 0.3) is 0 Å². The highest BCUT2D eigenvalue weighted by Gasteiger charge is 2.24. The van der Waals surface area contributed by atoms with Crippen LogP contribution in [0.3, 0.4) is 0 Å². The van der Waals surface area contributed by atoms with Crippen LogP contribution in [-0.2, 0) is 4.79 Å². The Balaban J connectivity index is 1.78. The van der Waals surface area contributed by atoms with E-state index in [1.807, 2.05) is 4.90 Å². The zero-order chi connectivity index (χ0) is 13.9. The van der Waals surface area contributed by atoms with Crippen LogP contribution in [0.4, 0.5) is 0 Å². The summed E-state index contributed by atoms with van der Waals surface area (Å²) in [7, 11) is 0. The molecule has 1 saturated heterocycles. The lowest BCUT2D eigenvalue weighted by Crippen LogP contribution is -2.40. The van der Waals surface area contributed by atoms with E-state index in [4.69, 9.17) is 0 Å². The molecule has 0 aliphatic carbocycles.